The molecule has 148 valence electrons. The van der Waals surface area contributed by atoms with Gasteiger partial charge in [0, 0.05) is 38.7 Å². The van der Waals surface area contributed by atoms with E-state index < -0.39 is 10.0 Å². The summed E-state index contributed by atoms with van der Waals surface area (Å²) in [5.41, 5.74) is 1.98. The van der Waals surface area contributed by atoms with Crippen LogP contribution in [0.2, 0.25) is 0 Å². The van der Waals surface area contributed by atoms with E-state index in [1.54, 1.807) is 37.4 Å². The number of aliphatic imine (C=N–C) groups is 1. The molecule has 8 nitrogen and oxygen atoms in total. The van der Waals surface area contributed by atoms with Crippen molar-refractivity contribution in [1.82, 2.24) is 20.5 Å². The molecule has 27 heavy (non-hydrogen) atoms. The van der Waals surface area contributed by atoms with Gasteiger partial charge in [-0.15, -0.1) is 0 Å². The van der Waals surface area contributed by atoms with Crippen molar-refractivity contribution < 1.29 is 12.9 Å². The van der Waals surface area contributed by atoms with Crippen molar-refractivity contribution in [3.8, 4) is 0 Å². The average Bonchev–Trinajstić information content (AvgIpc) is 3.10. The van der Waals surface area contributed by atoms with Crippen molar-refractivity contribution in [2.75, 3.05) is 20.1 Å². The first kappa shape index (κ1) is 20.9. The Morgan fingerprint density at radius 3 is 2.48 bits per heavy atom. The summed E-state index contributed by atoms with van der Waals surface area (Å²) in [7, 11) is -1.84. The highest BCUT2D eigenvalue weighted by Gasteiger charge is 2.14. The molecule has 0 saturated heterocycles. The summed E-state index contributed by atoms with van der Waals surface area (Å²) in [6, 6.07) is 8.29. The number of benzene rings is 1. The molecule has 0 aliphatic carbocycles. The Hall–Kier alpha value is -2.39. The molecule has 3 N–H and O–H groups in total. The SMILES string of the molecule is CCc1noc(CC)c1CNC(=NC)NCCNS(=O)(=O)c1ccccc1. The average molecular weight is 394 g/mol. The highest BCUT2D eigenvalue weighted by atomic mass is 32.2. The van der Waals surface area contributed by atoms with Crippen molar-refractivity contribution in [3.05, 3.63) is 47.3 Å². The van der Waals surface area contributed by atoms with E-state index in [0.717, 1.165) is 29.9 Å². The maximum absolute atomic E-state index is 12.2. The topological polar surface area (TPSA) is 109 Å². The summed E-state index contributed by atoms with van der Waals surface area (Å²) in [4.78, 5) is 4.41. The maximum Gasteiger partial charge on any atom is 0.240 e. The Kier molecular flexibility index (Phi) is 7.81. The van der Waals surface area contributed by atoms with Crippen molar-refractivity contribution in [2.24, 2.45) is 4.99 Å². The summed E-state index contributed by atoms with van der Waals surface area (Å²) >= 11 is 0. The summed E-state index contributed by atoms with van der Waals surface area (Å²) < 4.78 is 32.2. The molecule has 0 bridgehead atoms. The van der Waals surface area contributed by atoms with Crippen LogP contribution in [0.1, 0.15) is 30.9 Å². The lowest BCUT2D eigenvalue weighted by atomic mass is 10.1. The van der Waals surface area contributed by atoms with Crippen LogP contribution in [0.4, 0.5) is 0 Å². The molecule has 2 aromatic rings. The number of aryl methyl sites for hydroxylation is 2. The van der Waals surface area contributed by atoms with E-state index in [4.69, 9.17) is 4.52 Å². The lowest BCUT2D eigenvalue weighted by molar-refractivity contribution is 0.380. The Morgan fingerprint density at radius 1 is 1.11 bits per heavy atom. The van der Waals surface area contributed by atoms with E-state index in [1.165, 1.54) is 0 Å². The van der Waals surface area contributed by atoms with E-state index in [1.807, 2.05) is 13.8 Å². The number of hydrogen-bond donors (Lipinski definition) is 3. The number of nitrogens with one attached hydrogen (secondary N) is 3. The van der Waals surface area contributed by atoms with Crippen LogP contribution in [0.15, 0.2) is 44.7 Å². The minimum Gasteiger partial charge on any atom is -0.361 e. The Morgan fingerprint density at radius 2 is 1.85 bits per heavy atom. The third-order valence-corrected chi connectivity index (χ3v) is 5.50. The second-order valence-electron chi connectivity index (χ2n) is 5.80. The van der Waals surface area contributed by atoms with Gasteiger partial charge in [-0.1, -0.05) is 37.2 Å². The van der Waals surface area contributed by atoms with Gasteiger partial charge in [0.05, 0.1) is 10.6 Å². The van der Waals surface area contributed by atoms with Gasteiger partial charge in [-0.25, -0.2) is 13.1 Å². The molecule has 0 fully saturated rings. The van der Waals surface area contributed by atoms with E-state index in [0.29, 0.717) is 19.0 Å². The molecule has 1 heterocycles. The van der Waals surface area contributed by atoms with E-state index in [2.05, 4.69) is 25.5 Å². The second kappa shape index (κ2) is 10.1. The van der Waals surface area contributed by atoms with Crippen LogP contribution in [-0.4, -0.2) is 39.7 Å². The quantitative estimate of drug-likeness (QED) is 0.338. The van der Waals surface area contributed by atoms with Crippen molar-refractivity contribution in [2.45, 2.75) is 38.1 Å². The molecule has 0 radical (unpaired) electrons. The van der Waals surface area contributed by atoms with Crippen molar-refractivity contribution in [1.29, 1.82) is 0 Å². The van der Waals surface area contributed by atoms with Crippen molar-refractivity contribution >= 4 is 16.0 Å². The van der Waals surface area contributed by atoms with E-state index >= 15 is 0 Å². The third-order valence-electron chi connectivity index (χ3n) is 4.03. The molecule has 1 aromatic heterocycles. The highest BCUT2D eigenvalue weighted by molar-refractivity contribution is 7.89. The smallest absolute Gasteiger partial charge is 0.240 e. The lowest BCUT2D eigenvalue weighted by Gasteiger charge is -2.13. The first-order valence-corrected chi connectivity index (χ1v) is 10.5. The number of rotatable bonds is 9. The zero-order valence-electron chi connectivity index (χ0n) is 15.9. The zero-order valence-corrected chi connectivity index (χ0v) is 16.8. The molecule has 0 aliphatic heterocycles. The largest absolute Gasteiger partial charge is 0.361 e. The molecule has 0 unspecified atom stereocenters. The number of sulfonamides is 1. The fourth-order valence-electron chi connectivity index (χ4n) is 2.58. The van der Waals surface area contributed by atoms with Crippen LogP contribution in [0.5, 0.6) is 0 Å². The summed E-state index contributed by atoms with van der Waals surface area (Å²) in [5, 5.41) is 10.4. The molecule has 1 aromatic carbocycles. The molecular formula is C18H27N5O3S. The fraction of sp³-hybridized carbons (Fsp3) is 0.444. The van der Waals surface area contributed by atoms with Gasteiger partial charge >= 0.3 is 0 Å². The molecule has 0 saturated carbocycles. The normalized spacial score (nSPS) is 12.2. The lowest BCUT2D eigenvalue weighted by Crippen LogP contribution is -2.41. The summed E-state index contributed by atoms with van der Waals surface area (Å²) in [5.74, 6) is 1.45. The summed E-state index contributed by atoms with van der Waals surface area (Å²) in [6.45, 7) is 5.25. The van der Waals surface area contributed by atoms with Gasteiger partial charge in [0.25, 0.3) is 0 Å². The Bertz CT molecular complexity index is 826. The first-order valence-electron chi connectivity index (χ1n) is 8.97. The van der Waals surface area contributed by atoms with Crippen LogP contribution in [-0.2, 0) is 29.4 Å². The van der Waals surface area contributed by atoms with Gasteiger partial charge < -0.3 is 15.2 Å². The van der Waals surface area contributed by atoms with E-state index in [-0.39, 0.29) is 11.4 Å². The van der Waals surface area contributed by atoms with E-state index in [9.17, 15) is 8.42 Å². The van der Waals surface area contributed by atoms with Gasteiger partial charge in [-0.05, 0) is 18.6 Å². The number of nitrogens with zero attached hydrogens (tertiary/aromatic N) is 2. The second-order valence-corrected chi connectivity index (χ2v) is 7.57. The monoisotopic (exact) mass is 393 g/mol. The number of aromatic nitrogens is 1. The standard InChI is InChI=1S/C18H27N5O3S/c1-4-16-15(17(5-2)26-23-16)13-21-18(19-3)20-11-12-22-27(24,25)14-9-7-6-8-10-14/h6-10,22H,4-5,11-13H2,1-3H3,(H2,19,20,21). The fourth-order valence-corrected chi connectivity index (χ4v) is 3.63. The minimum atomic E-state index is -3.50. The highest BCUT2D eigenvalue weighted by Crippen LogP contribution is 2.15. The molecule has 9 heteroatoms. The van der Waals surface area contributed by atoms with Crippen LogP contribution in [0, 0.1) is 0 Å². The molecule has 0 spiro atoms. The van der Waals surface area contributed by atoms with Crippen molar-refractivity contribution in [3.63, 3.8) is 0 Å². The maximum atomic E-state index is 12.2. The van der Waals surface area contributed by atoms with Gasteiger partial charge in [0.15, 0.2) is 5.96 Å². The van der Waals surface area contributed by atoms with Crippen LogP contribution < -0.4 is 15.4 Å². The van der Waals surface area contributed by atoms with Gasteiger partial charge in [0.1, 0.15) is 5.76 Å². The third kappa shape index (κ3) is 5.80. The molecule has 2 rings (SSSR count). The minimum absolute atomic E-state index is 0.242. The van der Waals surface area contributed by atoms with Gasteiger partial charge in [-0.3, -0.25) is 4.99 Å². The number of hydrogen-bond acceptors (Lipinski definition) is 5. The molecule has 0 aliphatic rings. The summed E-state index contributed by atoms with van der Waals surface area (Å²) in [6.07, 6.45) is 1.57. The predicted molar refractivity (Wildman–Crippen MR) is 105 cm³/mol. The van der Waals surface area contributed by atoms with Gasteiger partial charge in [0.2, 0.25) is 10.0 Å². The molecule has 0 amide bonds. The Balaban J connectivity index is 1.82. The number of guanidine groups is 1. The first-order chi connectivity index (χ1) is 13.0. The predicted octanol–water partition coefficient (Wildman–Crippen LogP) is 1.44. The zero-order chi connectivity index (χ0) is 19.7. The molecule has 0 atom stereocenters. The van der Waals surface area contributed by atoms with Crippen LogP contribution in [0.25, 0.3) is 0 Å². The van der Waals surface area contributed by atoms with Crippen LogP contribution in [0.3, 0.4) is 0 Å². The molecular weight excluding hydrogens is 366 g/mol. The van der Waals surface area contributed by atoms with Gasteiger partial charge in [-0.2, -0.15) is 0 Å². The Labute approximate surface area is 160 Å². The van der Waals surface area contributed by atoms with Crippen LogP contribution >= 0.6 is 0 Å².